The quantitative estimate of drug-likeness (QED) is 0.822. The number of halogens is 1. The summed E-state index contributed by atoms with van der Waals surface area (Å²) in [5, 5.41) is 5.03. The van der Waals surface area contributed by atoms with Crippen LogP contribution in [0.1, 0.15) is 25.6 Å². The van der Waals surface area contributed by atoms with Crippen LogP contribution in [-0.4, -0.2) is 4.21 Å². The van der Waals surface area contributed by atoms with Crippen LogP contribution in [0.3, 0.4) is 0 Å². The summed E-state index contributed by atoms with van der Waals surface area (Å²) in [5.74, 6) is -0.451. The highest BCUT2D eigenvalue weighted by Crippen LogP contribution is 2.23. The predicted octanol–water partition coefficient (Wildman–Crippen LogP) is 2.46. The van der Waals surface area contributed by atoms with Crippen LogP contribution >= 0.6 is 11.3 Å². The van der Waals surface area contributed by atoms with Gasteiger partial charge >= 0.3 is 0 Å². The van der Waals surface area contributed by atoms with Crippen LogP contribution in [0.2, 0.25) is 0 Å². The van der Waals surface area contributed by atoms with Gasteiger partial charge in [0.2, 0.25) is 0 Å². The maximum atomic E-state index is 12.8. The molecule has 2 nitrogen and oxygen atoms in total. The zero-order valence-corrected chi connectivity index (χ0v) is 9.60. The largest absolute Gasteiger partial charge is 0.247 e. The summed E-state index contributed by atoms with van der Waals surface area (Å²) in [6.07, 6.45) is 0.749. The fraction of sp³-hybridized carbons (Fsp3) is 0.500. The SMILES string of the molecule is CC.CCc1cc(F)c(S(N)=O)s1. The lowest BCUT2D eigenvalue weighted by molar-refractivity contribution is 0.606. The smallest absolute Gasteiger partial charge is 0.151 e. The average Bonchev–Trinajstić information content (AvgIpc) is 2.50. The molecule has 13 heavy (non-hydrogen) atoms. The molecule has 0 aromatic carbocycles. The number of rotatable bonds is 2. The van der Waals surface area contributed by atoms with Crippen molar-refractivity contribution in [3.63, 3.8) is 0 Å². The van der Waals surface area contributed by atoms with E-state index in [-0.39, 0.29) is 4.21 Å². The summed E-state index contributed by atoms with van der Waals surface area (Å²) in [6, 6.07) is 1.38. The fourth-order valence-electron chi connectivity index (χ4n) is 0.709. The van der Waals surface area contributed by atoms with E-state index in [1.807, 2.05) is 20.8 Å². The molecule has 0 spiro atoms. The van der Waals surface area contributed by atoms with Crippen LogP contribution in [0.15, 0.2) is 10.3 Å². The third-order valence-corrected chi connectivity index (χ3v) is 3.59. The molecule has 1 atom stereocenters. The highest BCUT2D eigenvalue weighted by atomic mass is 32.2. The van der Waals surface area contributed by atoms with E-state index < -0.39 is 16.8 Å². The van der Waals surface area contributed by atoms with Gasteiger partial charge in [-0.2, -0.15) is 0 Å². The average molecular weight is 223 g/mol. The van der Waals surface area contributed by atoms with Crippen molar-refractivity contribution in [1.29, 1.82) is 0 Å². The first kappa shape index (κ1) is 12.7. The Morgan fingerprint density at radius 1 is 1.62 bits per heavy atom. The summed E-state index contributed by atoms with van der Waals surface area (Å²) in [7, 11) is -1.68. The van der Waals surface area contributed by atoms with Gasteiger partial charge in [0.05, 0.1) is 0 Å². The van der Waals surface area contributed by atoms with Gasteiger partial charge in [-0.1, -0.05) is 20.8 Å². The first-order valence-corrected chi connectivity index (χ1v) is 6.12. The maximum absolute atomic E-state index is 12.8. The Bertz CT molecular complexity index is 286. The summed E-state index contributed by atoms with van der Waals surface area (Å²) >= 11 is 1.17. The predicted molar refractivity (Wildman–Crippen MR) is 55.6 cm³/mol. The van der Waals surface area contributed by atoms with E-state index in [0.29, 0.717) is 0 Å². The van der Waals surface area contributed by atoms with Crippen molar-refractivity contribution < 1.29 is 8.60 Å². The number of hydrogen-bond donors (Lipinski definition) is 1. The molecule has 0 amide bonds. The normalized spacial score (nSPS) is 11.8. The Morgan fingerprint density at radius 3 is 2.38 bits per heavy atom. The Morgan fingerprint density at radius 2 is 2.15 bits per heavy atom. The summed E-state index contributed by atoms with van der Waals surface area (Å²) in [6.45, 7) is 5.91. The molecule has 1 heterocycles. The molecular formula is C8H14FNOS2. The minimum atomic E-state index is -1.68. The van der Waals surface area contributed by atoms with Crippen molar-refractivity contribution in [3.05, 3.63) is 16.8 Å². The van der Waals surface area contributed by atoms with E-state index >= 15 is 0 Å². The lowest BCUT2D eigenvalue weighted by atomic mass is 10.4. The minimum absolute atomic E-state index is 0.141. The zero-order chi connectivity index (χ0) is 10.4. The van der Waals surface area contributed by atoms with Crippen molar-refractivity contribution >= 4 is 22.3 Å². The third kappa shape index (κ3) is 3.54. The number of thiophene rings is 1. The lowest BCUT2D eigenvalue weighted by Gasteiger charge is -1.86. The van der Waals surface area contributed by atoms with E-state index in [4.69, 9.17) is 5.14 Å². The van der Waals surface area contributed by atoms with E-state index in [0.717, 1.165) is 11.3 Å². The molecule has 1 aromatic rings. The Hall–Kier alpha value is -0.260. The van der Waals surface area contributed by atoms with Gasteiger partial charge < -0.3 is 0 Å². The Labute approximate surface area is 84.6 Å². The Balaban J connectivity index is 0.000000671. The molecule has 0 aliphatic carbocycles. The van der Waals surface area contributed by atoms with E-state index in [2.05, 4.69) is 0 Å². The molecule has 0 saturated carbocycles. The second-order valence-corrected chi connectivity index (χ2v) is 4.40. The minimum Gasteiger partial charge on any atom is -0.247 e. The molecule has 0 saturated heterocycles. The number of nitrogens with two attached hydrogens (primary N) is 1. The summed E-state index contributed by atoms with van der Waals surface area (Å²) in [4.78, 5) is 0.872. The van der Waals surface area contributed by atoms with Crippen LogP contribution in [0.25, 0.3) is 0 Å². The summed E-state index contributed by atoms with van der Waals surface area (Å²) in [5.41, 5.74) is 0. The van der Waals surface area contributed by atoms with Gasteiger partial charge in [0.1, 0.15) is 15.2 Å². The van der Waals surface area contributed by atoms with E-state index in [1.165, 1.54) is 17.4 Å². The Kier molecular flexibility index (Phi) is 6.11. The highest BCUT2D eigenvalue weighted by molar-refractivity contribution is 7.85. The molecule has 0 fully saturated rings. The van der Waals surface area contributed by atoms with Crippen LogP contribution in [0, 0.1) is 5.82 Å². The van der Waals surface area contributed by atoms with Gasteiger partial charge in [-0.05, 0) is 12.5 Å². The maximum Gasteiger partial charge on any atom is 0.151 e. The second kappa shape index (κ2) is 6.23. The topological polar surface area (TPSA) is 43.1 Å². The number of aryl methyl sites for hydroxylation is 1. The van der Waals surface area contributed by atoms with Crippen molar-refractivity contribution in [3.8, 4) is 0 Å². The molecule has 0 bridgehead atoms. The van der Waals surface area contributed by atoms with Crippen LogP contribution in [0.4, 0.5) is 4.39 Å². The standard InChI is InChI=1S/C6H8FNOS2.C2H6/c1-2-4-3-5(7)6(10-4)11(8)9;1-2/h3H,2,8H2,1H3;1-2H3. The van der Waals surface area contributed by atoms with E-state index in [1.54, 1.807) is 0 Å². The molecule has 1 aromatic heterocycles. The van der Waals surface area contributed by atoms with Gasteiger partial charge in [-0.3, -0.25) is 0 Å². The molecule has 1 unspecified atom stereocenters. The van der Waals surface area contributed by atoms with Crippen molar-refractivity contribution in [2.24, 2.45) is 5.14 Å². The lowest BCUT2D eigenvalue weighted by Crippen LogP contribution is -2.01. The van der Waals surface area contributed by atoms with Gasteiger partial charge in [-0.15, -0.1) is 11.3 Å². The van der Waals surface area contributed by atoms with E-state index in [9.17, 15) is 8.60 Å². The van der Waals surface area contributed by atoms with Gasteiger partial charge in [-0.25, -0.2) is 13.7 Å². The van der Waals surface area contributed by atoms with Crippen molar-refractivity contribution in [2.75, 3.05) is 0 Å². The molecule has 76 valence electrons. The van der Waals surface area contributed by atoms with Gasteiger partial charge in [0.15, 0.2) is 5.82 Å². The number of hydrogen-bond acceptors (Lipinski definition) is 2. The molecule has 5 heteroatoms. The third-order valence-electron chi connectivity index (χ3n) is 1.24. The van der Waals surface area contributed by atoms with Crippen molar-refractivity contribution in [2.45, 2.75) is 31.4 Å². The second-order valence-electron chi connectivity index (χ2n) is 2.00. The van der Waals surface area contributed by atoms with Crippen LogP contribution in [-0.2, 0) is 17.4 Å². The first-order chi connectivity index (χ1) is 6.15. The molecule has 0 aliphatic rings. The fourth-order valence-corrected chi connectivity index (χ4v) is 2.31. The molecular weight excluding hydrogens is 209 g/mol. The monoisotopic (exact) mass is 223 g/mol. The molecule has 1 rings (SSSR count). The van der Waals surface area contributed by atoms with Gasteiger partial charge in [0, 0.05) is 4.88 Å². The molecule has 0 aliphatic heterocycles. The van der Waals surface area contributed by atoms with Crippen LogP contribution < -0.4 is 5.14 Å². The van der Waals surface area contributed by atoms with Gasteiger partial charge in [0.25, 0.3) is 0 Å². The zero-order valence-electron chi connectivity index (χ0n) is 7.96. The first-order valence-electron chi connectivity index (χ1n) is 4.09. The highest BCUT2D eigenvalue weighted by Gasteiger charge is 2.10. The summed E-state index contributed by atoms with van der Waals surface area (Å²) < 4.78 is 23.6. The van der Waals surface area contributed by atoms with Crippen LogP contribution in [0.5, 0.6) is 0 Å². The molecule has 2 N–H and O–H groups in total. The molecule has 0 radical (unpaired) electrons. The van der Waals surface area contributed by atoms with Crippen molar-refractivity contribution in [1.82, 2.24) is 0 Å².